The summed E-state index contributed by atoms with van der Waals surface area (Å²) in [5.41, 5.74) is -0.830. The van der Waals surface area contributed by atoms with Crippen LogP contribution in [0.25, 0.3) is 0 Å². The summed E-state index contributed by atoms with van der Waals surface area (Å²) >= 11 is 0. The van der Waals surface area contributed by atoms with E-state index in [4.69, 9.17) is 0 Å². The van der Waals surface area contributed by atoms with Gasteiger partial charge in [-0.05, 0) is 46.2 Å². The fourth-order valence-corrected chi connectivity index (χ4v) is 3.49. The molecule has 1 heterocycles. The molecule has 1 aliphatic rings. The molecule has 1 aromatic rings. The molecule has 0 aliphatic carbocycles. The Labute approximate surface area is 127 Å². The SMILES string of the molecule is CCC(C)N1C(=O)N(c2ccccc2)C(C)(O)CC1(C)C. The summed E-state index contributed by atoms with van der Waals surface area (Å²) in [4.78, 5) is 16.5. The van der Waals surface area contributed by atoms with Crippen molar-refractivity contribution in [2.75, 3.05) is 4.90 Å². The summed E-state index contributed by atoms with van der Waals surface area (Å²) in [6.45, 7) is 9.89. The molecule has 2 unspecified atom stereocenters. The summed E-state index contributed by atoms with van der Waals surface area (Å²) in [5, 5.41) is 10.8. The van der Waals surface area contributed by atoms with Crippen molar-refractivity contribution in [2.24, 2.45) is 0 Å². The number of benzene rings is 1. The number of anilines is 1. The molecule has 4 nitrogen and oxygen atoms in total. The molecule has 0 spiro atoms. The zero-order valence-electron chi connectivity index (χ0n) is 13.6. The third-order valence-corrected chi connectivity index (χ3v) is 4.34. The highest BCUT2D eigenvalue weighted by Crippen LogP contribution is 2.40. The minimum atomic E-state index is -1.19. The first-order valence-corrected chi connectivity index (χ1v) is 7.61. The second-order valence-electron chi connectivity index (χ2n) is 6.79. The first kappa shape index (κ1) is 15.8. The second-order valence-corrected chi connectivity index (χ2v) is 6.79. The van der Waals surface area contributed by atoms with E-state index in [0.29, 0.717) is 6.42 Å². The van der Waals surface area contributed by atoms with Gasteiger partial charge in [0.1, 0.15) is 5.72 Å². The van der Waals surface area contributed by atoms with Crippen LogP contribution in [0.15, 0.2) is 30.3 Å². The number of rotatable bonds is 3. The quantitative estimate of drug-likeness (QED) is 0.924. The number of urea groups is 1. The van der Waals surface area contributed by atoms with Crippen molar-refractivity contribution in [3.63, 3.8) is 0 Å². The van der Waals surface area contributed by atoms with Gasteiger partial charge in [-0.2, -0.15) is 0 Å². The molecule has 1 fully saturated rings. The van der Waals surface area contributed by atoms with Crippen LogP contribution in [0.2, 0.25) is 0 Å². The zero-order chi connectivity index (χ0) is 15.8. The van der Waals surface area contributed by atoms with E-state index in [0.717, 1.165) is 12.1 Å². The molecule has 0 aromatic heterocycles. The van der Waals surface area contributed by atoms with Crippen molar-refractivity contribution < 1.29 is 9.90 Å². The lowest BCUT2D eigenvalue weighted by Gasteiger charge is -2.55. The van der Waals surface area contributed by atoms with Crippen LogP contribution in [0.5, 0.6) is 0 Å². The van der Waals surface area contributed by atoms with Gasteiger partial charge in [-0.3, -0.25) is 4.90 Å². The summed E-state index contributed by atoms with van der Waals surface area (Å²) < 4.78 is 0. The molecule has 21 heavy (non-hydrogen) atoms. The summed E-state index contributed by atoms with van der Waals surface area (Å²) in [6.07, 6.45) is 1.39. The van der Waals surface area contributed by atoms with Gasteiger partial charge in [-0.1, -0.05) is 25.1 Å². The van der Waals surface area contributed by atoms with E-state index >= 15 is 0 Å². The smallest absolute Gasteiger partial charge is 0.327 e. The Kier molecular flexibility index (Phi) is 4.02. The molecule has 1 N–H and O–H groups in total. The van der Waals surface area contributed by atoms with E-state index in [-0.39, 0.29) is 17.6 Å². The highest BCUT2D eigenvalue weighted by Gasteiger charge is 2.51. The molecular formula is C17H26N2O2. The number of nitrogens with zero attached hydrogens (tertiary/aromatic N) is 2. The molecule has 2 rings (SSSR count). The van der Waals surface area contributed by atoms with Crippen LogP contribution in [-0.2, 0) is 0 Å². The van der Waals surface area contributed by atoms with Gasteiger partial charge < -0.3 is 10.0 Å². The topological polar surface area (TPSA) is 43.8 Å². The van der Waals surface area contributed by atoms with Crippen molar-refractivity contribution in [1.29, 1.82) is 0 Å². The molecule has 1 aliphatic heterocycles. The molecule has 4 heteroatoms. The van der Waals surface area contributed by atoms with Gasteiger partial charge in [-0.15, -0.1) is 0 Å². The lowest BCUT2D eigenvalue weighted by Crippen LogP contribution is -2.69. The van der Waals surface area contributed by atoms with E-state index < -0.39 is 5.72 Å². The van der Waals surface area contributed by atoms with E-state index in [1.165, 1.54) is 4.90 Å². The number of para-hydroxylation sites is 1. The lowest BCUT2D eigenvalue weighted by molar-refractivity contribution is -0.0358. The zero-order valence-corrected chi connectivity index (χ0v) is 13.6. The largest absolute Gasteiger partial charge is 0.371 e. The van der Waals surface area contributed by atoms with Gasteiger partial charge >= 0.3 is 6.03 Å². The Bertz CT molecular complexity index is 511. The molecule has 2 atom stereocenters. The van der Waals surface area contributed by atoms with Gasteiger partial charge in [-0.25, -0.2) is 4.79 Å². The molecule has 0 saturated carbocycles. The van der Waals surface area contributed by atoms with E-state index in [1.807, 2.05) is 49.1 Å². The van der Waals surface area contributed by atoms with Gasteiger partial charge in [0.05, 0.1) is 0 Å². The van der Waals surface area contributed by atoms with Gasteiger partial charge in [0.25, 0.3) is 0 Å². The Morgan fingerprint density at radius 3 is 2.33 bits per heavy atom. The van der Waals surface area contributed by atoms with Crippen LogP contribution < -0.4 is 4.90 Å². The Morgan fingerprint density at radius 2 is 1.81 bits per heavy atom. The number of aliphatic hydroxyl groups is 1. The van der Waals surface area contributed by atoms with Crippen LogP contribution in [0.3, 0.4) is 0 Å². The Morgan fingerprint density at radius 1 is 1.24 bits per heavy atom. The predicted octanol–water partition coefficient (Wildman–Crippen LogP) is 3.60. The average molecular weight is 290 g/mol. The third kappa shape index (κ3) is 2.77. The molecule has 116 valence electrons. The van der Waals surface area contributed by atoms with Crippen molar-refractivity contribution >= 4 is 11.7 Å². The Balaban J connectivity index is 2.48. The van der Waals surface area contributed by atoms with E-state index in [2.05, 4.69) is 13.8 Å². The second kappa shape index (κ2) is 5.34. The maximum absolute atomic E-state index is 13.0. The number of hydrogen-bond acceptors (Lipinski definition) is 2. The van der Waals surface area contributed by atoms with Crippen LogP contribution in [0.1, 0.15) is 47.5 Å². The number of carbonyl (C=O) groups is 1. The van der Waals surface area contributed by atoms with Crippen LogP contribution in [0.4, 0.5) is 10.5 Å². The van der Waals surface area contributed by atoms with Crippen LogP contribution >= 0.6 is 0 Å². The van der Waals surface area contributed by atoms with Gasteiger partial charge in [0, 0.05) is 23.7 Å². The molecule has 1 saturated heterocycles. The monoisotopic (exact) mass is 290 g/mol. The minimum absolute atomic E-state index is 0.128. The van der Waals surface area contributed by atoms with Crippen LogP contribution in [-0.4, -0.2) is 33.3 Å². The van der Waals surface area contributed by atoms with Crippen LogP contribution in [0, 0.1) is 0 Å². The summed E-state index contributed by atoms with van der Waals surface area (Å²) in [5.74, 6) is 0. The number of amides is 2. The highest BCUT2D eigenvalue weighted by atomic mass is 16.3. The number of carbonyl (C=O) groups excluding carboxylic acids is 1. The van der Waals surface area contributed by atoms with Crippen molar-refractivity contribution in [2.45, 2.75) is 64.8 Å². The standard InChI is InChI=1S/C17H26N2O2/c1-6-13(2)18-15(20)19(14-10-8-7-9-11-14)17(5,21)12-16(18,3)4/h7-11,13,21H,6,12H2,1-5H3. The average Bonchev–Trinajstić information content (AvgIpc) is 2.36. The first-order valence-electron chi connectivity index (χ1n) is 7.61. The highest BCUT2D eigenvalue weighted by molar-refractivity contribution is 5.94. The van der Waals surface area contributed by atoms with E-state index in [1.54, 1.807) is 6.92 Å². The Hall–Kier alpha value is -1.55. The summed E-state index contributed by atoms with van der Waals surface area (Å²) in [6, 6.07) is 9.40. The molecular weight excluding hydrogens is 264 g/mol. The van der Waals surface area contributed by atoms with Gasteiger partial charge in [0.15, 0.2) is 0 Å². The fraction of sp³-hybridized carbons (Fsp3) is 0.588. The van der Waals surface area contributed by atoms with Crippen molar-refractivity contribution in [1.82, 2.24) is 4.90 Å². The number of hydrogen-bond donors (Lipinski definition) is 1. The maximum atomic E-state index is 13.0. The fourth-order valence-electron chi connectivity index (χ4n) is 3.49. The lowest BCUT2D eigenvalue weighted by atomic mass is 9.86. The van der Waals surface area contributed by atoms with E-state index in [9.17, 15) is 9.90 Å². The predicted molar refractivity (Wildman–Crippen MR) is 85.2 cm³/mol. The van der Waals surface area contributed by atoms with Crippen molar-refractivity contribution in [3.05, 3.63) is 30.3 Å². The van der Waals surface area contributed by atoms with Crippen molar-refractivity contribution in [3.8, 4) is 0 Å². The maximum Gasteiger partial charge on any atom is 0.327 e. The normalized spacial score (nSPS) is 26.9. The molecule has 0 radical (unpaired) electrons. The summed E-state index contributed by atoms with van der Waals surface area (Å²) in [7, 11) is 0. The van der Waals surface area contributed by atoms with Gasteiger partial charge in [0.2, 0.25) is 0 Å². The first-order chi connectivity index (χ1) is 9.70. The molecule has 1 aromatic carbocycles. The minimum Gasteiger partial charge on any atom is -0.371 e. The molecule has 2 amide bonds. The molecule has 0 bridgehead atoms. The third-order valence-electron chi connectivity index (χ3n) is 4.34.